The molecule has 1 unspecified atom stereocenters. The van der Waals surface area contributed by atoms with Crippen LogP contribution in [-0.4, -0.2) is 64.3 Å². The summed E-state index contributed by atoms with van der Waals surface area (Å²) in [5.41, 5.74) is 6.59. The Hall–Kier alpha value is -2.98. The molecule has 1 fully saturated rings. The summed E-state index contributed by atoms with van der Waals surface area (Å²) in [4.78, 5) is 26.5. The maximum Gasteiger partial charge on any atom is 0.334 e. The Morgan fingerprint density at radius 2 is 2.00 bits per heavy atom. The molecule has 0 saturated carbocycles. The maximum absolute atomic E-state index is 11.5. The predicted molar refractivity (Wildman–Crippen MR) is 107 cm³/mol. The van der Waals surface area contributed by atoms with Crippen molar-refractivity contribution in [3.8, 4) is 5.75 Å². The molecule has 2 heterocycles. The van der Waals surface area contributed by atoms with E-state index in [-0.39, 0.29) is 11.9 Å². The highest BCUT2D eigenvalue weighted by molar-refractivity contribution is 5.74. The lowest BCUT2D eigenvalue weighted by Gasteiger charge is -2.32. The van der Waals surface area contributed by atoms with Crippen molar-refractivity contribution in [3.63, 3.8) is 0 Å². The summed E-state index contributed by atoms with van der Waals surface area (Å²) < 4.78 is 9.95. The molecule has 0 spiro atoms. The zero-order chi connectivity index (χ0) is 20.8. The van der Waals surface area contributed by atoms with Crippen molar-refractivity contribution in [2.75, 3.05) is 38.4 Å². The highest BCUT2D eigenvalue weighted by atomic mass is 16.5. The molecule has 0 amide bonds. The number of hydrogen-bond acceptors (Lipinski definition) is 10. The first-order valence-corrected chi connectivity index (χ1v) is 9.39. The number of esters is 1. The minimum atomic E-state index is -1.08. The number of nitrogens with one attached hydrogen (secondary N) is 1. The van der Waals surface area contributed by atoms with Crippen LogP contribution in [0.15, 0.2) is 24.3 Å². The lowest BCUT2D eigenvalue weighted by molar-refractivity contribution is -0.154. The van der Waals surface area contributed by atoms with Gasteiger partial charge in [0, 0.05) is 0 Å². The average molecular weight is 402 g/mol. The fourth-order valence-corrected chi connectivity index (χ4v) is 3.37. The van der Waals surface area contributed by atoms with Gasteiger partial charge in [0.25, 0.3) is 0 Å². The summed E-state index contributed by atoms with van der Waals surface area (Å²) in [6.45, 7) is 1.91. The van der Waals surface area contributed by atoms with E-state index in [1.54, 1.807) is 7.11 Å². The molecular weight excluding hydrogens is 376 g/mol. The lowest BCUT2D eigenvalue weighted by atomic mass is 9.91. The number of nitrogen functional groups attached to an aromatic ring is 1. The summed E-state index contributed by atoms with van der Waals surface area (Å²) in [6, 6.07) is 7.44. The molecule has 10 heteroatoms. The van der Waals surface area contributed by atoms with E-state index in [1.807, 2.05) is 24.3 Å². The standard InChI is InChI=1S/C19H26N6O4/c1-28-14-6-4-3-5-13(14)21-19-23-15(22-18(20)24-19)11-25-9-7-12(8-10-25)16(26)17(27)29-2/h3-6,12,16,26H,7-11H2,1-2H3,(H3,20,21,22,23,24). The van der Waals surface area contributed by atoms with Crippen LogP contribution in [0.4, 0.5) is 17.6 Å². The van der Waals surface area contributed by atoms with E-state index in [1.165, 1.54) is 7.11 Å². The Balaban J connectivity index is 1.63. The molecule has 2 aromatic rings. The monoisotopic (exact) mass is 402 g/mol. The molecule has 4 N–H and O–H groups in total. The maximum atomic E-state index is 11.5. The first kappa shape index (κ1) is 20.7. The number of carbonyl (C=O) groups is 1. The van der Waals surface area contributed by atoms with Gasteiger partial charge < -0.3 is 25.6 Å². The van der Waals surface area contributed by atoms with Gasteiger partial charge in [-0.25, -0.2) is 4.79 Å². The number of para-hydroxylation sites is 2. The van der Waals surface area contributed by atoms with Crippen molar-refractivity contribution >= 4 is 23.6 Å². The van der Waals surface area contributed by atoms with Crippen LogP contribution in [0.5, 0.6) is 5.75 Å². The zero-order valence-corrected chi connectivity index (χ0v) is 16.5. The van der Waals surface area contributed by atoms with Gasteiger partial charge >= 0.3 is 5.97 Å². The Labute approximate surface area is 169 Å². The van der Waals surface area contributed by atoms with Gasteiger partial charge in [-0.15, -0.1) is 0 Å². The molecule has 156 valence electrons. The Morgan fingerprint density at radius 1 is 1.28 bits per heavy atom. The van der Waals surface area contributed by atoms with Gasteiger partial charge in [0.05, 0.1) is 26.5 Å². The molecule has 1 aliphatic heterocycles. The van der Waals surface area contributed by atoms with Crippen LogP contribution in [0, 0.1) is 5.92 Å². The number of hydrogen-bond donors (Lipinski definition) is 3. The molecule has 1 saturated heterocycles. The quantitative estimate of drug-likeness (QED) is 0.574. The Morgan fingerprint density at radius 3 is 2.69 bits per heavy atom. The number of aromatic nitrogens is 3. The van der Waals surface area contributed by atoms with E-state index in [4.69, 9.17) is 10.5 Å². The third-order valence-corrected chi connectivity index (χ3v) is 4.94. The second kappa shape index (κ2) is 9.48. The summed E-state index contributed by atoms with van der Waals surface area (Å²) >= 11 is 0. The van der Waals surface area contributed by atoms with Crippen LogP contribution < -0.4 is 15.8 Å². The third kappa shape index (κ3) is 5.30. The fraction of sp³-hybridized carbons (Fsp3) is 0.474. The van der Waals surface area contributed by atoms with Gasteiger partial charge in [0.1, 0.15) is 11.6 Å². The number of benzene rings is 1. The number of methoxy groups -OCH3 is 2. The number of aliphatic hydroxyl groups excluding tert-OH is 1. The SMILES string of the molecule is COC(=O)C(O)C1CCN(Cc2nc(N)nc(Nc3ccccc3OC)n2)CC1. The number of aliphatic hydroxyl groups is 1. The number of carbonyl (C=O) groups excluding carboxylic acids is 1. The lowest BCUT2D eigenvalue weighted by Crippen LogP contribution is -2.40. The second-order valence-corrected chi connectivity index (χ2v) is 6.84. The van der Waals surface area contributed by atoms with Gasteiger partial charge in [-0.2, -0.15) is 15.0 Å². The van der Waals surface area contributed by atoms with Crippen LogP contribution in [0.1, 0.15) is 18.7 Å². The number of piperidine rings is 1. The van der Waals surface area contributed by atoms with E-state index in [0.717, 1.165) is 5.69 Å². The van der Waals surface area contributed by atoms with Crippen LogP contribution in [-0.2, 0) is 16.1 Å². The topological polar surface area (TPSA) is 136 Å². The summed E-state index contributed by atoms with van der Waals surface area (Å²) in [5, 5.41) is 13.1. The molecule has 3 rings (SSSR count). The fourth-order valence-electron chi connectivity index (χ4n) is 3.37. The van der Waals surface area contributed by atoms with Gasteiger partial charge in [0.15, 0.2) is 6.10 Å². The molecule has 0 aliphatic carbocycles. The molecule has 0 bridgehead atoms. The predicted octanol–water partition coefficient (Wildman–Crippen LogP) is 0.952. The molecule has 29 heavy (non-hydrogen) atoms. The molecule has 1 aliphatic rings. The van der Waals surface area contributed by atoms with Gasteiger partial charge in [-0.3, -0.25) is 4.90 Å². The minimum absolute atomic E-state index is 0.107. The van der Waals surface area contributed by atoms with E-state index in [9.17, 15) is 9.90 Å². The number of likely N-dealkylation sites (tertiary alicyclic amines) is 1. The molecule has 0 radical (unpaired) electrons. The molecular formula is C19H26N6O4. The molecule has 1 aromatic carbocycles. The number of nitrogens with two attached hydrogens (primary N) is 1. The zero-order valence-electron chi connectivity index (χ0n) is 16.5. The average Bonchev–Trinajstić information content (AvgIpc) is 2.73. The van der Waals surface area contributed by atoms with Crippen molar-refractivity contribution < 1.29 is 19.4 Å². The highest BCUT2D eigenvalue weighted by Gasteiger charge is 2.30. The first-order valence-electron chi connectivity index (χ1n) is 9.39. The van der Waals surface area contributed by atoms with Gasteiger partial charge in [0.2, 0.25) is 11.9 Å². The first-order chi connectivity index (χ1) is 14.0. The number of nitrogens with zero attached hydrogens (tertiary/aromatic N) is 4. The highest BCUT2D eigenvalue weighted by Crippen LogP contribution is 2.26. The minimum Gasteiger partial charge on any atom is -0.495 e. The van der Waals surface area contributed by atoms with Crippen LogP contribution in [0.25, 0.3) is 0 Å². The third-order valence-electron chi connectivity index (χ3n) is 4.94. The molecule has 1 aromatic heterocycles. The largest absolute Gasteiger partial charge is 0.495 e. The molecule has 10 nitrogen and oxygen atoms in total. The number of rotatable bonds is 7. The van der Waals surface area contributed by atoms with Crippen molar-refractivity contribution in [2.24, 2.45) is 5.92 Å². The smallest absolute Gasteiger partial charge is 0.334 e. The van der Waals surface area contributed by atoms with Crippen molar-refractivity contribution in [1.29, 1.82) is 0 Å². The number of ether oxygens (including phenoxy) is 2. The normalized spacial score (nSPS) is 16.2. The Kier molecular flexibility index (Phi) is 6.78. The second-order valence-electron chi connectivity index (χ2n) is 6.84. The van der Waals surface area contributed by atoms with Crippen LogP contribution in [0.3, 0.4) is 0 Å². The summed E-state index contributed by atoms with van der Waals surface area (Å²) in [6.07, 6.45) is 0.290. The summed E-state index contributed by atoms with van der Waals surface area (Å²) in [5.74, 6) is 0.989. The van der Waals surface area contributed by atoms with E-state index >= 15 is 0 Å². The Bertz CT molecular complexity index is 841. The van der Waals surface area contributed by atoms with E-state index in [2.05, 4.69) is 29.9 Å². The summed E-state index contributed by atoms with van der Waals surface area (Å²) in [7, 11) is 2.87. The van der Waals surface area contributed by atoms with Crippen LogP contribution >= 0.6 is 0 Å². The van der Waals surface area contributed by atoms with E-state index in [0.29, 0.717) is 50.0 Å². The van der Waals surface area contributed by atoms with Crippen LogP contribution in [0.2, 0.25) is 0 Å². The van der Waals surface area contributed by atoms with Crippen molar-refractivity contribution in [1.82, 2.24) is 19.9 Å². The van der Waals surface area contributed by atoms with Crippen molar-refractivity contribution in [2.45, 2.75) is 25.5 Å². The van der Waals surface area contributed by atoms with Crippen molar-refractivity contribution in [3.05, 3.63) is 30.1 Å². The molecule has 1 atom stereocenters. The van der Waals surface area contributed by atoms with Gasteiger partial charge in [-0.05, 0) is 44.0 Å². The van der Waals surface area contributed by atoms with Gasteiger partial charge in [-0.1, -0.05) is 12.1 Å². The number of anilines is 3. The van der Waals surface area contributed by atoms with E-state index < -0.39 is 12.1 Å².